The monoisotopic (exact) mass is 279 g/mol. The Bertz CT molecular complexity index is 580. The van der Waals surface area contributed by atoms with Gasteiger partial charge in [-0.2, -0.15) is 0 Å². The molecule has 2 rings (SSSR count). The maximum atomic E-state index is 10.7. The third kappa shape index (κ3) is 3.59. The van der Waals surface area contributed by atoms with Crippen LogP contribution in [0.4, 0.5) is 0 Å². The van der Waals surface area contributed by atoms with E-state index in [0.717, 1.165) is 5.56 Å². The van der Waals surface area contributed by atoms with Crippen molar-refractivity contribution in [3.63, 3.8) is 0 Å². The molecule has 0 radical (unpaired) electrons. The van der Waals surface area contributed by atoms with E-state index in [1.54, 1.807) is 6.07 Å². The van der Waals surface area contributed by atoms with Gasteiger partial charge in [-0.05, 0) is 36.8 Å². The first-order valence-electron chi connectivity index (χ1n) is 5.87. The van der Waals surface area contributed by atoms with Crippen molar-refractivity contribution in [1.82, 2.24) is 5.32 Å². The zero-order valence-corrected chi connectivity index (χ0v) is 11.1. The molecule has 1 aromatic carbocycles. The first-order valence-corrected chi connectivity index (χ1v) is 6.25. The van der Waals surface area contributed by atoms with E-state index in [4.69, 9.17) is 21.1 Å². The van der Waals surface area contributed by atoms with Gasteiger partial charge in [0.05, 0.1) is 6.54 Å². The lowest BCUT2D eigenvalue weighted by Gasteiger charge is -2.13. The Kier molecular flexibility index (Phi) is 4.24. The van der Waals surface area contributed by atoms with Crippen molar-refractivity contribution in [3.05, 3.63) is 58.5 Å². The fraction of sp³-hybridized carbons (Fsp3) is 0.214. The number of hydrogen-bond acceptors (Lipinski definition) is 3. The van der Waals surface area contributed by atoms with Crippen molar-refractivity contribution in [3.8, 4) is 0 Å². The molecular weight excluding hydrogens is 266 g/mol. The second-order valence-corrected chi connectivity index (χ2v) is 4.67. The summed E-state index contributed by atoms with van der Waals surface area (Å²) in [6.07, 6.45) is 0. The van der Waals surface area contributed by atoms with E-state index >= 15 is 0 Å². The van der Waals surface area contributed by atoms with E-state index in [0.29, 0.717) is 17.3 Å². The van der Waals surface area contributed by atoms with E-state index < -0.39 is 5.97 Å². The number of halogens is 1. The lowest BCUT2D eigenvalue weighted by Crippen LogP contribution is -2.17. The minimum Gasteiger partial charge on any atom is -0.475 e. The molecule has 0 bridgehead atoms. The molecule has 0 saturated carbocycles. The number of furan rings is 1. The maximum absolute atomic E-state index is 10.7. The Hall–Kier alpha value is -1.78. The zero-order valence-electron chi connectivity index (χ0n) is 10.4. The van der Waals surface area contributed by atoms with Crippen LogP contribution in [0, 0.1) is 0 Å². The molecule has 0 spiro atoms. The number of carboxylic acids is 1. The number of carboxylic acid groups (broad SMARTS) is 1. The van der Waals surface area contributed by atoms with Crippen molar-refractivity contribution >= 4 is 17.6 Å². The van der Waals surface area contributed by atoms with Gasteiger partial charge in [0, 0.05) is 11.1 Å². The number of carbonyl (C=O) groups is 1. The van der Waals surface area contributed by atoms with Gasteiger partial charge in [0.15, 0.2) is 0 Å². The zero-order chi connectivity index (χ0) is 13.8. The predicted octanol–water partition coefficient (Wildman–Crippen LogP) is 3.48. The molecule has 0 fully saturated rings. The van der Waals surface area contributed by atoms with E-state index in [-0.39, 0.29) is 11.8 Å². The smallest absolute Gasteiger partial charge is 0.371 e. The Labute approximate surface area is 116 Å². The molecule has 0 aliphatic rings. The molecule has 1 heterocycles. The molecule has 19 heavy (non-hydrogen) atoms. The summed E-state index contributed by atoms with van der Waals surface area (Å²) in [6, 6.07) is 10.8. The Morgan fingerprint density at radius 3 is 2.84 bits per heavy atom. The molecule has 0 aliphatic heterocycles. The fourth-order valence-corrected chi connectivity index (χ4v) is 1.93. The van der Waals surface area contributed by atoms with E-state index in [2.05, 4.69) is 5.32 Å². The van der Waals surface area contributed by atoms with Crippen LogP contribution in [0.3, 0.4) is 0 Å². The molecule has 0 aliphatic carbocycles. The van der Waals surface area contributed by atoms with Gasteiger partial charge >= 0.3 is 5.97 Å². The number of rotatable bonds is 5. The Balaban J connectivity index is 1.96. The minimum atomic E-state index is -1.06. The average molecular weight is 280 g/mol. The van der Waals surface area contributed by atoms with Crippen molar-refractivity contribution in [2.75, 3.05) is 0 Å². The normalized spacial score (nSPS) is 12.3. The SMILES string of the molecule is CC(NCc1ccc(C(=O)O)o1)c1cccc(Cl)c1. The highest BCUT2D eigenvalue weighted by Crippen LogP contribution is 2.18. The molecule has 2 N–H and O–H groups in total. The predicted molar refractivity (Wildman–Crippen MR) is 72.4 cm³/mol. The second-order valence-electron chi connectivity index (χ2n) is 4.23. The van der Waals surface area contributed by atoms with Crippen LogP contribution in [0.25, 0.3) is 0 Å². The Morgan fingerprint density at radius 2 is 2.21 bits per heavy atom. The van der Waals surface area contributed by atoms with Crippen LogP contribution >= 0.6 is 11.6 Å². The van der Waals surface area contributed by atoms with Gasteiger partial charge in [0.1, 0.15) is 5.76 Å². The summed E-state index contributed by atoms with van der Waals surface area (Å²) < 4.78 is 5.17. The van der Waals surface area contributed by atoms with Gasteiger partial charge in [-0.1, -0.05) is 23.7 Å². The van der Waals surface area contributed by atoms with E-state index in [9.17, 15) is 4.79 Å². The molecule has 0 amide bonds. The number of hydrogen-bond donors (Lipinski definition) is 2. The summed E-state index contributed by atoms with van der Waals surface area (Å²) in [5.74, 6) is -0.521. The fourth-order valence-electron chi connectivity index (χ4n) is 1.74. The summed E-state index contributed by atoms with van der Waals surface area (Å²) in [5, 5.41) is 12.7. The van der Waals surface area contributed by atoms with Gasteiger partial charge in [-0.3, -0.25) is 0 Å². The molecule has 2 aromatic rings. The van der Waals surface area contributed by atoms with Crippen LogP contribution in [-0.4, -0.2) is 11.1 Å². The minimum absolute atomic E-state index is 0.0489. The van der Waals surface area contributed by atoms with Crippen LogP contribution in [0.1, 0.15) is 34.8 Å². The molecule has 5 heteroatoms. The standard InChI is InChI=1S/C14H14ClNO3/c1-9(10-3-2-4-11(15)7-10)16-8-12-5-6-13(19-12)14(17)18/h2-7,9,16H,8H2,1H3,(H,17,18). The van der Waals surface area contributed by atoms with E-state index in [1.165, 1.54) is 6.07 Å². The number of aromatic carboxylic acids is 1. The Morgan fingerprint density at radius 1 is 1.42 bits per heavy atom. The first kappa shape index (κ1) is 13.6. The van der Waals surface area contributed by atoms with Crippen LogP contribution in [0.15, 0.2) is 40.8 Å². The van der Waals surface area contributed by atoms with Gasteiger partial charge in [-0.15, -0.1) is 0 Å². The summed E-state index contributed by atoms with van der Waals surface area (Å²) in [6.45, 7) is 2.47. The molecule has 1 aromatic heterocycles. The van der Waals surface area contributed by atoms with Crippen molar-refractivity contribution in [1.29, 1.82) is 0 Å². The highest BCUT2D eigenvalue weighted by molar-refractivity contribution is 6.30. The number of nitrogens with one attached hydrogen (secondary N) is 1. The average Bonchev–Trinajstić information content (AvgIpc) is 2.85. The van der Waals surface area contributed by atoms with Crippen LogP contribution in [-0.2, 0) is 6.54 Å². The topological polar surface area (TPSA) is 62.5 Å². The van der Waals surface area contributed by atoms with Crippen LogP contribution in [0.5, 0.6) is 0 Å². The molecule has 0 saturated heterocycles. The largest absolute Gasteiger partial charge is 0.475 e. The molecular formula is C14H14ClNO3. The molecule has 4 nitrogen and oxygen atoms in total. The van der Waals surface area contributed by atoms with Gasteiger partial charge in [0.2, 0.25) is 5.76 Å². The maximum Gasteiger partial charge on any atom is 0.371 e. The van der Waals surface area contributed by atoms with Crippen molar-refractivity contribution in [2.24, 2.45) is 0 Å². The quantitative estimate of drug-likeness (QED) is 0.879. The molecule has 100 valence electrons. The summed E-state index contributed by atoms with van der Waals surface area (Å²) in [4.78, 5) is 10.7. The molecule has 1 atom stereocenters. The summed E-state index contributed by atoms with van der Waals surface area (Å²) in [5.41, 5.74) is 1.07. The third-order valence-electron chi connectivity index (χ3n) is 2.80. The van der Waals surface area contributed by atoms with Crippen molar-refractivity contribution < 1.29 is 14.3 Å². The van der Waals surface area contributed by atoms with Crippen LogP contribution < -0.4 is 5.32 Å². The highest BCUT2D eigenvalue weighted by Gasteiger charge is 2.10. The number of benzene rings is 1. The van der Waals surface area contributed by atoms with Crippen molar-refractivity contribution in [2.45, 2.75) is 19.5 Å². The third-order valence-corrected chi connectivity index (χ3v) is 3.04. The van der Waals surface area contributed by atoms with E-state index in [1.807, 2.05) is 31.2 Å². The van der Waals surface area contributed by atoms with Crippen LogP contribution in [0.2, 0.25) is 5.02 Å². The van der Waals surface area contributed by atoms with Gasteiger partial charge in [-0.25, -0.2) is 4.79 Å². The van der Waals surface area contributed by atoms with Gasteiger partial charge < -0.3 is 14.8 Å². The second kappa shape index (κ2) is 5.91. The summed E-state index contributed by atoms with van der Waals surface area (Å²) >= 11 is 5.93. The highest BCUT2D eigenvalue weighted by atomic mass is 35.5. The lowest BCUT2D eigenvalue weighted by atomic mass is 10.1. The lowest BCUT2D eigenvalue weighted by molar-refractivity contribution is 0.0660. The summed E-state index contributed by atoms with van der Waals surface area (Å²) in [7, 11) is 0. The first-order chi connectivity index (χ1) is 9.06. The van der Waals surface area contributed by atoms with Gasteiger partial charge in [0.25, 0.3) is 0 Å². The molecule has 1 unspecified atom stereocenters.